The Labute approximate surface area is 115 Å². The van der Waals surface area contributed by atoms with E-state index in [1.807, 2.05) is 30.3 Å². The average molecular weight is 258 g/mol. The predicted octanol–water partition coefficient (Wildman–Crippen LogP) is 3.10. The molecule has 0 saturated carbocycles. The van der Waals surface area contributed by atoms with Crippen molar-refractivity contribution in [1.29, 1.82) is 0 Å². The fourth-order valence-electron chi connectivity index (χ4n) is 2.42. The molecule has 1 saturated heterocycles. The van der Waals surface area contributed by atoms with Crippen LogP contribution in [0.3, 0.4) is 0 Å². The van der Waals surface area contributed by atoms with Gasteiger partial charge in [0, 0.05) is 5.69 Å². The summed E-state index contributed by atoms with van der Waals surface area (Å²) in [6, 6.07) is 9.65. The first-order valence-corrected chi connectivity index (χ1v) is 6.87. The van der Waals surface area contributed by atoms with E-state index in [1.165, 1.54) is 5.57 Å². The Morgan fingerprint density at radius 2 is 2.11 bits per heavy atom. The van der Waals surface area contributed by atoms with Gasteiger partial charge in [-0.1, -0.05) is 29.8 Å². The molecule has 1 unspecified atom stereocenters. The normalized spacial score (nSPS) is 22.0. The van der Waals surface area contributed by atoms with Crippen LogP contribution in [0.25, 0.3) is 0 Å². The van der Waals surface area contributed by atoms with Crippen LogP contribution in [0.5, 0.6) is 0 Å². The maximum atomic E-state index is 12.5. The standard InChI is InChI=1S/C16H22N2O/c1-13(2)9-11-16(10-6-12-17-16)15(19)18-14-7-4-3-5-8-14/h3-5,7-9,17H,6,10-12H2,1-2H3,(H,18,19). The third-order valence-electron chi connectivity index (χ3n) is 3.57. The van der Waals surface area contributed by atoms with Crippen LogP contribution in [-0.2, 0) is 4.79 Å². The quantitative estimate of drug-likeness (QED) is 0.815. The highest BCUT2D eigenvalue weighted by Gasteiger charge is 2.39. The Kier molecular flexibility index (Phi) is 4.38. The van der Waals surface area contributed by atoms with Crippen LogP contribution < -0.4 is 10.6 Å². The van der Waals surface area contributed by atoms with Gasteiger partial charge in [0.2, 0.25) is 5.91 Å². The molecule has 3 nitrogen and oxygen atoms in total. The molecule has 0 bridgehead atoms. The van der Waals surface area contributed by atoms with E-state index in [-0.39, 0.29) is 5.91 Å². The summed E-state index contributed by atoms with van der Waals surface area (Å²) in [6.07, 6.45) is 4.85. The Balaban J connectivity index is 2.11. The molecule has 1 aromatic rings. The minimum absolute atomic E-state index is 0.0775. The first-order valence-electron chi connectivity index (χ1n) is 6.87. The molecule has 19 heavy (non-hydrogen) atoms. The fraction of sp³-hybridized carbons (Fsp3) is 0.438. The van der Waals surface area contributed by atoms with Gasteiger partial charge < -0.3 is 10.6 Å². The number of allylic oxidation sites excluding steroid dienone is 1. The second-order valence-electron chi connectivity index (χ2n) is 5.42. The van der Waals surface area contributed by atoms with Gasteiger partial charge in [0.15, 0.2) is 0 Å². The van der Waals surface area contributed by atoms with Crippen LogP contribution >= 0.6 is 0 Å². The molecular formula is C16H22N2O. The third kappa shape index (κ3) is 3.44. The number of carbonyl (C=O) groups is 1. The summed E-state index contributed by atoms with van der Waals surface area (Å²) < 4.78 is 0. The highest BCUT2D eigenvalue weighted by atomic mass is 16.2. The largest absolute Gasteiger partial charge is 0.324 e. The molecule has 1 amide bonds. The van der Waals surface area contributed by atoms with Gasteiger partial charge in [-0.3, -0.25) is 4.79 Å². The summed E-state index contributed by atoms with van der Waals surface area (Å²) in [4.78, 5) is 12.5. The summed E-state index contributed by atoms with van der Waals surface area (Å²) in [5.74, 6) is 0.0775. The van der Waals surface area contributed by atoms with Gasteiger partial charge in [0.25, 0.3) is 0 Å². The zero-order valence-corrected chi connectivity index (χ0v) is 11.7. The van der Waals surface area contributed by atoms with Crippen molar-refractivity contribution in [2.45, 2.75) is 38.6 Å². The van der Waals surface area contributed by atoms with Gasteiger partial charge in [-0.15, -0.1) is 0 Å². The molecule has 1 fully saturated rings. The number of hydrogen-bond donors (Lipinski definition) is 2. The number of anilines is 1. The number of carbonyl (C=O) groups excluding carboxylic acids is 1. The van der Waals surface area contributed by atoms with Crippen LogP contribution in [0.2, 0.25) is 0 Å². The summed E-state index contributed by atoms with van der Waals surface area (Å²) in [6.45, 7) is 5.05. The van der Waals surface area contributed by atoms with E-state index >= 15 is 0 Å². The number of amides is 1. The first-order chi connectivity index (χ1) is 9.12. The Morgan fingerprint density at radius 1 is 1.37 bits per heavy atom. The van der Waals surface area contributed by atoms with Gasteiger partial charge in [0.1, 0.15) is 5.54 Å². The lowest BCUT2D eigenvalue weighted by Crippen LogP contribution is -2.50. The number of para-hydroxylation sites is 1. The van der Waals surface area contributed by atoms with Crippen LogP contribution in [0, 0.1) is 0 Å². The highest BCUT2D eigenvalue weighted by Crippen LogP contribution is 2.26. The molecule has 2 N–H and O–H groups in total. The van der Waals surface area contributed by atoms with E-state index in [1.54, 1.807) is 0 Å². The van der Waals surface area contributed by atoms with E-state index in [0.717, 1.165) is 31.5 Å². The van der Waals surface area contributed by atoms with Crippen molar-refractivity contribution in [1.82, 2.24) is 5.32 Å². The minimum atomic E-state index is -0.437. The van der Waals surface area contributed by atoms with Crippen LogP contribution in [-0.4, -0.2) is 18.0 Å². The zero-order valence-electron chi connectivity index (χ0n) is 11.7. The van der Waals surface area contributed by atoms with Crippen LogP contribution in [0.1, 0.15) is 33.1 Å². The molecule has 0 aliphatic carbocycles. The molecule has 1 aliphatic rings. The summed E-state index contributed by atoms with van der Waals surface area (Å²) >= 11 is 0. The van der Waals surface area contributed by atoms with Crippen molar-refractivity contribution < 1.29 is 4.79 Å². The number of rotatable bonds is 4. The molecular weight excluding hydrogens is 236 g/mol. The van der Waals surface area contributed by atoms with Gasteiger partial charge in [-0.2, -0.15) is 0 Å². The van der Waals surface area contributed by atoms with Crippen molar-refractivity contribution in [2.75, 3.05) is 11.9 Å². The van der Waals surface area contributed by atoms with Gasteiger partial charge >= 0.3 is 0 Å². The number of hydrogen-bond acceptors (Lipinski definition) is 2. The van der Waals surface area contributed by atoms with Crippen LogP contribution in [0.15, 0.2) is 42.0 Å². The molecule has 1 heterocycles. The molecule has 1 aromatic carbocycles. The molecule has 0 aromatic heterocycles. The smallest absolute Gasteiger partial charge is 0.244 e. The molecule has 102 valence electrons. The highest BCUT2D eigenvalue weighted by molar-refractivity contribution is 5.98. The molecule has 1 atom stereocenters. The van der Waals surface area contributed by atoms with Crippen LogP contribution in [0.4, 0.5) is 5.69 Å². The Bertz CT molecular complexity index is 455. The second-order valence-corrected chi connectivity index (χ2v) is 5.42. The molecule has 2 rings (SSSR count). The third-order valence-corrected chi connectivity index (χ3v) is 3.57. The SMILES string of the molecule is CC(C)=CCC1(C(=O)Nc2ccccc2)CCCN1. The molecule has 1 aliphatic heterocycles. The summed E-state index contributed by atoms with van der Waals surface area (Å²) in [7, 11) is 0. The van der Waals surface area contributed by atoms with Crippen molar-refractivity contribution in [2.24, 2.45) is 0 Å². The van der Waals surface area contributed by atoms with Crippen molar-refractivity contribution >= 4 is 11.6 Å². The first kappa shape index (κ1) is 13.8. The van der Waals surface area contributed by atoms with Crippen molar-refractivity contribution in [3.8, 4) is 0 Å². The van der Waals surface area contributed by atoms with Gasteiger partial charge in [-0.05, 0) is 51.8 Å². The topological polar surface area (TPSA) is 41.1 Å². The lowest BCUT2D eigenvalue weighted by atomic mass is 9.91. The Morgan fingerprint density at radius 3 is 2.68 bits per heavy atom. The number of benzene rings is 1. The summed E-state index contributed by atoms with van der Waals surface area (Å²) in [5.41, 5.74) is 1.67. The van der Waals surface area contributed by atoms with Gasteiger partial charge in [0.05, 0.1) is 0 Å². The molecule has 0 spiro atoms. The average Bonchev–Trinajstić information content (AvgIpc) is 2.87. The Hall–Kier alpha value is -1.61. The monoisotopic (exact) mass is 258 g/mol. The zero-order chi connectivity index (χ0) is 13.7. The minimum Gasteiger partial charge on any atom is -0.324 e. The number of nitrogens with one attached hydrogen (secondary N) is 2. The van der Waals surface area contributed by atoms with Crippen molar-refractivity contribution in [3.63, 3.8) is 0 Å². The van der Waals surface area contributed by atoms with E-state index in [4.69, 9.17) is 0 Å². The van der Waals surface area contributed by atoms with Gasteiger partial charge in [-0.25, -0.2) is 0 Å². The van der Waals surface area contributed by atoms with E-state index < -0.39 is 5.54 Å². The molecule has 0 radical (unpaired) electrons. The lowest BCUT2D eigenvalue weighted by Gasteiger charge is -2.27. The fourth-order valence-corrected chi connectivity index (χ4v) is 2.42. The van der Waals surface area contributed by atoms with E-state index in [2.05, 4.69) is 30.6 Å². The predicted molar refractivity (Wildman–Crippen MR) is 79.1 cm³/mol. The van der Waals surface area contributed by atoms with E-state index in [0.29, 0.717) is 0 Å². The summed E-state index contributed by atoms with van der Waals surface area (Å²) in [5, 5.41) is 6.41. The van der Waals surface area contributed by atoms with E-state index in [9.17, 15) is 4.79 Å². The maximum Gasteiger partial charge on any atom is 0.244 e. The maximum absolute atomic E-state index is 12.5. The second kappa shape index (κ2) is 6.02. The molecule has 3 heteroatoms. The van der Waals surface area contributed by atoms with Crippen molar-refractivity contribution in [3.05, 3.63) is 42.0 Å². The lowest BCUT2D eigenvalue weighted by molar-refractivity contribution is -0.121.